The molecule has 3 aliphatic heterocycles. The summed E-state index contributed by atoms with van der Waals surface area (Å²) in [5.41, 5.74) is 19.2. The van der Waals surface area contributed by atoms with E-state index in [4.69, 9.17) is 20.8 Å². The van der Waals surface area contributed by atoms with E-state index in [0.717, 1.165) is 53.1 Å². The monoisotopic (exact) mass is 824 g/mol. The van der Waals surface area contributed by atoms with Gasteiger partial charge in [-0.15, -0.1) is 0 Å². The summed E-state index contributed by atoms with van der Waals surface area (Å²) in [6.45, 7) is 3.62. The third-order valence-corrected chi connectivity index (χ3v) is 13.3. The number of carbonyl (C=O) groups excluding carboxylic acids is 3. The highest BCUT2D eigenvalue weighted by atomic mass is 16.7. The molecule has 312 valence electrons. The second kappa shape index (κ2) is 16.4. The lowest BCUT2D eigenvalue weighted by atomic mass is 9.76. The van der Waals surface area contributed by atoms with Gasteiger partial charge in [-0.05, 0) is 89.6 Å². The fraction of sp³-hybridized carbons (Fsp3) is 0.260. The van der Waals surface area contributed by atoms with Gasteiger partial charge in [0.25, 0.3) is 11.8 Å². The molecule has 2 amide bonds. The smallest absolute Gasteiger partial charge is 0.503 e. The summed E-state index contributed by atoms with van der Waals surface area (Å²) >= 11 is 0. The highest BCUT2D eigenvalue weighted by molar-refractivity contribution is 6.67. The molecule has 12 heteroatoms. The van der Waals surface area contributed by atoms with Crippen molar-refractivity contribution in [3.8, 4) is 0 Å². The molecule has 3 saturated heterocycles. The van der Waals surface area contributed by atoms with Crippen LogP contribution in [0.1, 0.15) is 91.9 Å². The van der Waals surface area contributed by atoms with Crippen molar-refractivity contribution >= 4 is 52.2 Å². The van der Waals surface area contributed by atoms with E-state index in [0.29, 0.717) is 84.6 Å². The van der Waals surface area contributed by atoms with Crippen LogP contribution in [-0.4, -0.2) is 70.8 Å². The number of hydrogen-bond donors (Lipinski definition) is 4. The molecular weight excluding hydrogens is 775 g/mol. The topological polar surface area (TPSA) is 160 Å². The van der Waals surface area contributed by atoms with E-state index >= 15 is 0 Å². The number of fused-ring (bicyclic) bond motifs is 2. The van der Waals surface area contributed by atoms with Crippen LogP contribution >= 0.6 is 0 Å². The fourth-order valence-corrected chi connectivity index (χ4v) is 9.83. The van der Waals surface area contributed by atoms with Gasteiger partial charge >= 0.3 is 13.1 Å². The molecule has 0 saturated carbocycles. The van der Waals surface area contributed by atoms with Crippen LogP contribution in [0.15, 0.2) is 127 Å². The Morgan fingerprint density at radius 2 is 1.21 bits per heavy atom. The van der Waals surface area contributed by atoms with Crippen molar-refractivity contribution in [2.45, 2.75) is 56.2 Å². The van der Waals surface area contributed by atoms with Gasteiger partial charge in [-0.3, -0.25) is 9.59 Å². The molecule has 0 aliphatic carbocycles. The number of hydrogen-bond acceptors (Lipinski definition) is 7. The van der Waals surface area contributed by atoms with Gasteiger partial charge in [-0.25, -0.2) is 4.79 Å². The van der Waals surface area contributed by atoms with Crippen LogP contribution in [0.4, 0.5) is 0 Å². The van der Waals surface area contributed by atoms with E-state index < -0.39 is 18.7 Å². The molecule has 10 rings (SSSR count). The number of H-pyrrole nitrogens is 2. The van der Waals surface area contributed by atoms with E-state index in [9.17, 15) is 14.4 Å². The van der Waals surface area contributed by atoms with E-state index in [1.54, 1.807) is 0 Å². The number of nitrogens with two attached hydrogens (primary N) is 2. The van der Waals surface area contributed by atoms with Gasteiger partial charge in [0.15, 0.2) is 0 Å². The van der Waals surface area contributed by atoms with Crippen LogP contribution in [0.3, 0.4) is 0 Å². The van der Waals surface area contributed by atoms with Gasteiger partial charge in [-0.2, -0.15) is 0 Å². The maximum absolute atomic E-state index is 14.4. The summed E-state index contributed by atoms with van der Waals surface area (Å²) in [6.07, 6.45) is 3.50. The van der Waals surface area contributed by atoms with Gasteiger partial charge in [0.1, 0.15) is 11.4 Å². The minimum Gasteiger partial charge on any atom is -0.503 e. The highest BCUT2D eigenvalue weighted by Gasteiger charge is 2.56. The van der Waals surface area contributed by atoms with E-state index in [1.165, 1.54) is 11.1 Å². The van der Waals surface area contributed by atoms with Crippen LogP contribution in [0, 0.1) is 0 Å². The largest absolute Gasteiger partial charge is 0.566 e. The van der Waals surface area contributed by atoms with Crippen molar-refractivity contribution in [3.63, 3.8) is 0 Å². The van der Waals surface area contributed by atoms with Crippen LogP contribution in [0.25, 0.3) is 21.8 Å². The Hall–Kier alpha value is -6.47. The van der Waals surface area contributed by atoms with Crippen molar-refractivity contribution in [1.29, 1.82) is 0 Å². The molecule has 0 spiro atoms. The van der Waals surface area contributed by atoms with Crippen molar-refractivity contribution < 1.29 is 23.7 Å². The molecule has 62 heavy (non-hydrogen) atoms. The zero-order valence-corrected chi connectivity index (χ0v) is 34.5. The summed E-state index contributed by atoms with van der Waals surface area (Å²) in [7, 11) is -1.07. The third kappa shape index (κ3) is 7.17. The number of aromatic amines is 2. The molecular formula is C50H49BN6O5. The summed E-state index contributed by atoms with van der Waals surface area (Å²) in [5, 5.41) is 1.58. The number of likely N-dealkylation sites (tertiary alicyclic amines) is 2. The van der Waals surface area contributed by atoms with Crippen molar-refractivity contribution in [2.24, 2.45) is 11.5 Å². The normalized spacial score (nSPS) is 18.8. The van der Waals surface area contributed by atoms with Crippen molar-refractivity contribution in [3.05, 3.63) is 172 Å². The Balaban J connectivity index is 0.888. The number of nitrogens with zero attached hydrogens (tertiary/aromatic N) is 2. The average Bonchev–Trinajstić information content (AvgIpc) is 4.07. The third-order valence-electron chi connectivity index (χ3n) is 13.3. The molecule has 0 unspecified atom stereocenters. The first-order valence-electron chi connectivity index (χ1n) is 21.7. The molecule has 0 bridgehead atoms. The number of amides is 2. The highest BCUT2D eigenvalue weighted by Crippen LogP contribution is 2.42. The van der Waals surface area contributed by atoms with Crippen molar-refractivity contribution in [1.82, 2.24) is 19.8 Å². The standard InChI is InChI=1S/C50H49BN6O5/c52-30-32-7-4-9-36(25-32)34-17-21-56(22-18-34)47(58)45-27-38-15-16-40(28-44(38)55-45)50(39-11-2-1-3-12-39)49(60)61-51(62-50)42-13-6-14-43-41(42)29-46(54-43)48(59)57-23-19-35(20-24-57)37-10-5-8-33(26-37)31-53/h1-16,25-29,34-35,54-55H,17-24,30-31,52-53H2/t50-/m1/s1. The van der Waals surface area contributed by atoms with Gasteiger partial charge < -0.3 is 40.5 Å². The quantitative estimate of drug-likeness (QED) is 0.116. The first kappa shape index (κ1) is 39.7. The Labute approximate surface area is 360 Å². The number of carbonyl (C=O) groups is 3. The molecule has 11 nitrogen and oxygen atoms in total. The lowest BCUT2D eigenvalue weighted by molar-refractivity contribution is -0.141. The second-order valence-electron chi connectivity index (χ2n) is 16.9. The molecule has 0 radical (unpaired) electrons. The lowest BCUT2D eigenvalue weighted by Crippen LogP contribution is -2.38. The summed E-state index contributed by atoms with van der Waals surface area (Å²) < 4.78 is 13.0. The first-order valence-corrected chi connectivity index (χ1v) is 21.7. The molecule has 5 aromatic carbocycles. The van der Waals surface area contributed by atoms with Crippen LogP contribution in [0.2, 0.25) is 0 Å². The zero-order chi connectivity index (χ0) is 42.4. The summed E-state index contributed by atoms with van der Waals surface area (Å²) in [6, 6.07) is 41.3. The number of piperidine rings is 2. The van der Waals surface area contributed by atoms with Gasteiger partial charge in [0, 0.05) is 72.1 Å². The maximum Gasteiger partial charge on any atom is 0.566 e. The summed E-state index contributed by atoms with van der Waals surface area (Å²) in [5.74, 6) is 0.0789. The lowest BCUT2D eigenvalue weighted by Gasteiger charge is -2.32. The molecule has 3 aliphatic rings. The van der Waals surface area contributed by atoms with Gasteiger partial charge in [0.2, 0.25) is 5.60 Å². The molecule has 1 atom stereocenters. The van der Waals surface area contributed by atoms with E-state index in [1.807, 2.05) is 101 Å². The Morgan fingerprint density at radius 3 is 1.82 bits per heavy atom. The zero-order valence-electron chi connectivity index (χ0n) is 34.5. The average molecular weight is 825 g/mol. The van der Waals surface area contributed by atoms with Crippen LogP contribution in [-0.2, 0) is 32.8 Å². The second-order valence-corrected chi connectivity index (χ2v) is 16.9. The minimum absolute atomic E-state index is 0.0539. The Morgan fingerprint density at radius 1 is 0.629 bits per heavy atom. The van der Waals surface area contributed by atoms with Crippen LogP contribution in [0.5, 0.6) is 0 Å². The predicted molar refractivity (Wildman–Crippen MR) is 241 cm³/mol. The predicted octanol–water partition coefficient (Wildman–Crippen LogP) is 6.82. The Kier molecular flexibility index (Phi) is 10.5. The molecule has 2 aromatic heterocycles. The molecule has 3 fully saturated rings. The number of nitrogens with one attached hydrogen (secondary N) is 2. The maximum atomic E-state index is 14.4. The first-order chi connectivity index (χ1) is 30.3. The summed E-state index contributed by atoms with van der Waals surface area (Å²) in [4.78, 5) is 52.7. The van der Waals surface area contributed by atoms with E-state index in [-0.39, 0.29) is 11.8 Å². The van der Waals surface area contributed by atoms with Crippen LogP contribution < -0.4 is 16.9 Å². The van der Waals surface area contributed by atoms with Gasteiger partial charge in [0.05, 0.1) is 0 Å². The molecule has 7 aromatic rings. The number of benzene rings is 5. The van der Waals surface area contributed by atoms with Crippen molar-refractivity contribution in [2.75, 3.05) is 26.2 Å². The number of aromatic nitrogens is 2. The SMILES string of the molecule is NCc1cccc(C2CCN(C(=O)c3cc4ccc([C@@]5(c6ccccc6)OB(c6cccc7[nH]c(C(=O)N8CCC(c9cccc(CN)c9)CC8)cc67)OC5=O)cc4[nH]3)CC2)c1. The minimum atomic E-state index is -1.61. The van der Waals surface area contributed by atoms with E-state index in [2.05, 4.69) is 46.4 Å². The number of rotatable bonds is 9. The van der Waals surface area contributed by atoms with Gasteiger partial charge in [-0.1, -0.05) is 103 Å². The molecule has 5 heterocycles. The fourth-order valence-electron chi connectivity index (χ4n) is 9.83. The molecule has 6 N–H and O–H groups in total. The Bertz CT molecular complexity index is 2810.